The molecule has 1 rings (SSSR count). The monoisotopic (exact) mass is 390 g/mol. The van der Waals surface area contributed by atoms with E-state index in [9.17, 15) is 24.0 Å². The molecule has 11 heteroatoms. The van der Waals surface area contributed by atoms with Crippen molar-refractivity contribution in [3.63, 3.8) is 0 Å². The largest absolute Gasteiger partial charge is 0.463 e. The van der Waals surface area contributed by atoms with Crippen molar-refractivity contribution in [2.45, 2.75) is 65.3 Å². The Bertz CT molecular complexity index is 599. The van der Waals surface area contributed by atoms with E-state index >= 15 is 0 Å². The van der Waals surface area contributed by atoms with Gasteiger partial charge in [-0.2, -0.15) is 0 Å². The number of hydrogen-bond donors (Lipinski definition) is 0. The van der Waals surface area contributed by atoms with Gasteiger partial charge in [-0.15, -0.1) is 0 Å². The summed E-state index contributed by atoms with van der Waals surface area (Å²) >= 11 is 0. The van der Waals surface area contributed by atoms with Crippen LogP contribution >= 0.6 is 0 Å². The SMILES string of the molecule is CC(=O)OC[C@H]1OC(OC(C)=O)C(OC(C)=O)C(OC(C)=O)C1OC(C)=O. The molecule has 1 aliphatic heterocycles. The minimum absolute atomic E-state index is 0.393. The molecule has 1 aliphatic rings. The highest BCUT2D eigenvalue weighted by atomic mass is 16.7. The Balaban J connectivity index is 3.29. The average Bonchev–Trinajstić information content (AvgIpc) is 2.49. The zero-order chi connectivity index (χ0) is 20.7. The molecule has 0 aromatic rings. The number of rotatable bonds is 6. The van der Waals surface area contributed by atoms with Crippen molar-refractivity contribution in [3.05, 3.63) is 0 Å². The molecular formula is C16H22O11. The standard InChI is InChI=1S/C16H22O11/c1-7(17)22-6-12-13(23-8(2)18)14(24-9(3)19)15(25-10(4)20)16(27-12)26-11(5)21/h12-16H,6H2,1-5H3/t12-,13?,14?,15?,16?/m1/s1. The summed E-state index contributed by atoms with van der Waals surface area (Å²) in [4.78, 5) is 57.0. The van der Waals surface area contributed by atoms with Gasteiger partial charge in [-0.1, -0.05) is 0 Å². The van der Waals surface area contributed by atoms with Crippen molar-refractivity contribution in [2.24, 2.45) is 0 Å². The Hall–Kier alpha value is -2.69. The van der Waals surface area contributed by atoms with E-state index in [4.69, 9.17) is 28.4 Å². The first-order chi connectivity index (χ1) is 12.5. The van der Waals surface area contributed by atoms with Crippen LogP contribution in [0.25, 0.3) is 0 Å². The Kier molecular flexibility index (Phi) is 8.16. The summed E-state index contributed by atoms with van der Waals surface area (Å²) in [6.45, 7) is 5.13. The molecule has 5 atom stereocenters. The molecule has 0 radical (unpaired) electrons. The van der Waals surface area contributed by atoms with Gasteiger partial charge in [-0.25, -0.2) is 0 Å². The number of esters is 5. The van der Waals surface area contributed by atoms with Crippen LogP contribution in [-0.4, -0.2) is 67.2 Å². The molecule has 152 valence electrons. The zero-order valence-corrected chi connectivity index (χ0v) is 15.6. The Morgan fingerprint density at radius 1 is 0.630 bits per heavy atom. The fraction of sp³-hybridized carbons (Fsp3) is 0.688. The van der Waals surface area contributed by atoms with Crippen molar-refractivity contribution in [1.82, 2.24) is 0 Å². The van der Waals surface area contributed by atoms with E-state index in [-0.39, 0.29) is 0 Å². The van der Waals surface area contributed by atoms with E-state index in [0.29, 0.717) is 0 Å². The van der Waals surface area contributed by atoms with Crippen molar-refractivity contribution < 1.29 is 52.4 Å². The van der Waals surface area contributed by atoms with Gasteiger partial charge < -0.3 is 28.4 Å². The van der Waals surface area contributed by atoms with E-state index in [1.165, 1.54) is 0 Å². The van der Waals surface area contributed by atoms with Crippen molar-refractivity contribution in [2.75, 3.05) is 6.61 Å². The van der Waals surface area contributed by atoms with E-state index in [1.54, 1.807) is 0 Å². The highest BCUT2D eigenvalue weighted by Crippen LogP contribution is 2.29. The minimum atomic E-state index is -1.48. The Morgan fingerprint density at radius 3 is 1.52 bits per heavy atom. The molecule has 27 heavy (non-hydrogen) atoms. The third-order valence-electron chi connectivity index (χ3n) is 3.23. The van der Waals surface area contributed by atoms with Crippen LogP contribution in [0.5, 0.6) is 0 Å². The molecule has 1 fully saturated rings. The Labute approximate surface area is 155 Å². The van der Waals surface area contributed by atoms with Gasteiger partial charge in [0.05, 0.1) is 0 Å². The number of ether oxygens (including phenoxy) is 6. The molecule has 0 bridgehead atoms. The van der Waals surface area contributed by atoms with Gasteiger partial charge in [0.25, 0.3) is 0 Å². The minimum Gasteiger partial charge on any atom is -0.463 e. The van der Waals surface area contributed by atoms with E-state index < -0.39 is 67.2 Å². The smallest absolute Gasteiger partial charge is 0.305 e. The molecule has 0 spiro atoms. The second-order valence-electron chi connectivity index (χ2n) is 5.68. The van der Waals surface area contributed by atoms with Crippen molar-refractivity contribution in [1.29, 1.82) is 0 Å². The molecule has 4 unspecified atom stereocenters. The van der Waals surface area contributed by atoms with Crippen LogP contribution in [0.4, 0.5) is 0 Å². The molecule has 0 aliphatic carbocycles. The summed E-state index contributed by atoms with van der Waals surface area (Å²) in [6, 6.07) is 0. The topological polar surface area (TPSA) is 141 Å². The predicted molar refractivity (Wildman–Crippen MR) is 83.7 cm³/mol. The van der Waals surface area contributed by atoms with Gasteiger partial charge in [0.2, 0.25) is 12.4 Å². The van der Waals surface area contributed by atoms with E-state index in [0.717, 1.165) is 34.6 Å². The Morgan fingerprint density at radius 2 is 1.07 bits per heavy atom. The fourth-order valence-electron chi connectivity index (χ4n) is 2.45. The van der Waals surface area contributed by atoms with Crippen LogP contribution in [0.1, 0.15) is 34.6 Å². The summed E-state index contributed by atoms with van der Waals surface area (Å²) in [5.74, 6) is -3.71. The van der Waals surface area contributed by atoms with Crippen molar-refractivity contribution >= 4 is 29.8 Å². The second-order valence-corrected chi connectivity index (χ2v) is 5.68. The molecular weight excluding hydrogens is 368 g/mol. The van der Waals surface area contributed by atoms with Crippen LogP contribution in [0, 0.1) is 0 Å². The lowest BCUT2D eigenvalue weighted by atomic mass is 9.98. The summed E-state index contributed by atoms with van der Waals surface area (Å²) < 4.78 is 30.8. The summed E-state index contributed by atoms with van der Waals surface area (Å²) in [5, 5.41) is 0. The first-order valence-electron chi connectivity index (χ1n) is 7.99. The molecule has 0 aromatic carbocycles. The molecule has 1 saturated heterocycles. The zero-order valence-electron chi connectivity index (χ0n) is 15.6. The van der Waals surface area contributed by atoms with Gasteiger partial charge in [0.15, 0.2) is 12.2 Å². The lowest BCUT2D eigenvalue weighted by molar-refractivity contribution is -0.300. The first kappa shape index (κ1) is 22.4. The fourth-order valence-corrected chi connectivity index (χ4v) is 2.45. The number of hydrogen-bond acceptors (Lipinski definition) is 11. The third kappa shape index (κ3) is 7.21. The average molecular weight is 390 g/mol. The van der Waals surface area contributed by atoms with Crippen LogP contribution in [0.3, 0.4) is 0 Å². The van der Waals surface area contributed by atoms with Crippen LogP contribution in [0.2, 0.25) is 0 Å². The highest BCUT2D eigenvalue weighted by molar-refractivity contribution is 5.69. The molecule has 0 aromatic heterocycles. The first-order valence-corrected chi connectivity index (χ1v) is 7.99. The maximum atomic E-state index is 11.5. The molecule has 11 nitrogen and oxygen atoms in total. The maximum absolute atomic E-state index is 11.5. The van der Waals surface area contributed by atoms with E-state index in [2.05, 4.69) is 0 Å². The summed E-state index contributed by atoms with van der Waals surface area (Å²) in [6.07, 6.45) is -6.70. The number of carbonyl (C=O) groups excluding carboxylic acids is 5. The molecule has 1 heterocycles. The maximum Gasteiger partial charge on any atom is 0.305 e. The second kappa shape index (κ2) is 9.86. The van der Waals surface area contributed by atoms with Gasteiger partial charge >= 0.3 is 29.8 Å². The summed E-state index contributed by atoms with van der Waals surface area (Å²) in [5.41, 5.74) is 0. The molecule has 0 saturated carbocycles. The third-order valence-corrected chi connectivity index (χ3v) is 3.23. The van der Waals surface area contributed by atoms with Crippen molar-refractivity contribution in [3.8, 4) is 0 Å². The van der Waals surface area contributed by atoms with Gasteiger partial charge in [0, 0.05) is 34.6 Å². The van der Waals surface area contributed by atoms with Gasteiger partial charge in [-0.05, 0) is 0 Å². The summed E-state index contributed by atoms with van der Waals surface area (Å²) in [7, 11) is 0. The lowest BCUT2D eigenvalue weighted by Crippen LogP contribution is -2.63. The molecule has 0 amide bonds. The van der Waals surface area contributed by atoms with Crippen LogP contribution in [0.15, 0.2) is 0 Å². The number of carbonyl (C=O) groups is 5. The molecule has 0 N–H and O–H groups in total. The van der Waals surface area contributed by atoms with Crippen LogP contribution in [-0.2, 0) is 52.4 Å². The van der Waals surface area contributed by atoms with E-state index in [1.807, 2.05) is 0 Å². The van der Waals surface area contributed by atoms with Gasteiger partial charge in [0.1, 0.15) is 12.7 Å². The highest BCUT2D eigenvalue weighted by Gasteiger charge is 2.53. The lowest BCUT2D eigenvalue weighted by Gasteiger charge is -2.43. The van der Waals surface area contributed by atoms with Crippen LogP contribution < -0.4 is 0 Å². The quantitative estimate of drug-likeness (QED) is 0.433. The predicted octanol–water partition coefficient (Wildman–Crippen LogP) is -0.367. The normalized spacial score (nSPS) is 27.1. The van der Waals surface area contributed by atoms with Gasteiger partial charge in [-0.3, -0.25) is 24.0 Å².